The topological polar surface area (TPSA) is 12.0 Å². The molecule has 1 aromatic rings. The van der Waals surface area contributed by atoms with E-state index in [1.807, 2.05) is 6.92 Å². The van der Waals surface area contributed by atoms with Crippen molar-refractivity contribution >= 4 is 12.4 Å². The summed E-state index contributed by atoms with van der Waals surface area (Å²) >= 11 is 0. The first kappa shape index (κ1) is 11.4. The summed E-state index contributed by atoms with van der Waals surface area (Å²) < 4.78 is 26.1. The Hall–Kier alpha value is -0.670. The van der Waals surface area contributed by atoms with Crippen LogP contribution in [0.5, 0.6) is 0 Å². The molecule has 0 amide bonds. The highest BCUT2D eigenvalue weighted by molar-refractivity contribution is 5.85. The molecule has 1 atom stereocenters. The molecule has 0 bridgehead atoms. The highest BCUT2D eigenvalue weighted by Crippen LogP contribution is 2.25. The predicted octanol–water partition coefficient (Wildman–Crippen LogP) is 2.59. The van der Waals surface area contributed by atoms with Gasteiger partial charge in [-0.3, -0.25) is 0 Å². The molecule has 0 saturated heterocycles. The molecule has 0 aromatic heterocycles. The Morgan fingerprint density at radius 1 is 1.36 bits per heavy atom. The van der Waals surface area contributed by atoms with Crippen molar-refractivity contribution < 1.29 is 8.78 Å². The van der Waals surface area contributed by atoms with Crippen molar-refractivity contribution in [2.45, 2.75) is 19.4 Å². The molecule has 14 heavy (non-hydrogen) atoms. The predicted molar refractivity (Wildman–Crippen MR) is 53.7 cm³/mol. The van der Waals surface area contributed by atoms with Crippen LogP contribution >= 0.6 is 12.4 Å². The van der Waals surface area contributed by atoms with Crippen LogP contribution in [0.15, 0.2) is 12.1 Å². The molecule has 1 N–H and O–H groups in total. The van der Waals surface area contributed by atoms with E-state index in [4.69, 9.17) is 0 Å². The summed E-state index contributed by atoms with van der Waals surface area (Å²) in [5.41, 5.74) is 1.41. The van der Waals surface area contributed by atoms with Crippen molar-refractivity contribution in [2.75, 3.05) is 6.54 Å². The second-order valence-corrected chi connectivity index (χ2v) is 3.38. The number of benzene rings is 1. The molecule has 1 nitrogen and oxygen atoms in total. The number of rotatable bonds is 0. The van der Waals surface area contributed by atoms with Crippen molar-refractivity contribution in [3.8, 4) is 0 Å². The average Bonchev–Trinajstić information content (AvgIpc) is 2.07. The lowest BCUT2D eigenvalue weighted by Crippen LogP contribution is -2.28. The van der Waals surface area contributed by atoms with E-state index in [2.05, 4.69) is 5.32 Å². The molecule has 1 heterocycles. The molecule has 0 radical (unpaired) electrons. The second-order valence-electron chi connectivity index (χ2n) is 3.38. The molecule has 2 rings (SSSR count). The van der Waals surface area contributed by atoms with Gasteiger partial charge in [-0.2, -0.15) is 0 Å². The van der Waals surface area contributed by atoms with E-state index >= 15 is 0 Å². The molecule has 1 aliphatic rings. The highest BCUT2D eigenvalue weighted by Gasteiger charge is 2.19. The SMILES string of the molecule is CC1NCCc2c(F)cc(F)cc21.Cl. The minimum Gasteiger partial charge on any atom is -0.310 e. The Kier molecular flexibility index (Phi) is 3.45. The maximum absolute atomic E-state index is 13.2. The Balaban J connectivity index is 0.000000980. The van der Waals surface area contributed by atoms with Crippen LogP contribution in [0, 0.1) is 11.6 Å². The van der Waals surface area contributed by atoms with Crippen molar-refractivity contribution in [3.63, 3.8) is 0 Å². The Morgan fingerprint density at radius 2 is 2.07 bits per heavy atom. The number of halogens is 3. The van der Waals surface area contributed by atoms with E-state index in [-0.39, 0.29) is 18.4 Å². The van der Waals surface area contributed by atoms with Gasteiger partial charge in [0.15, 0.2) is 0 Å². The van der Waals surface area contributed by atoms with Gasteiger partial charge in [0, 0.05) is 12.1 Å². The van der Waals surface area contributed by atoms with Gasteiger partial charge in [0.25, 0.3) is 0 Å². The van der Waals surface area contributed by atoms with E-state index in [1.54, 1.807) is 0 Å². The number of hydrogen-bond donors (Lipinski definition) is 1. The van der Waals surface area contributed by atoms with Crippen LogP contribution in [0.3, 0.4) is 0 Å². The first-order valence-electron chi connectivity index (χ1n) is 4.39. The average molecular weight is 220 g/mol. The summed E-state index contributed by atoms with van der Waals surface area (Å²) in [5.74, 6) is -0.907. The van der Waals surface area contributed by atoms with Gasteiger partial charge in [-0.15, -0.1) is 12.4 Å². The van der Waals surface area contributed by atoms with Crippen molar-refractivity contribution in [1.82, 2.24) is 5.32 Å². The van der Waals surface area contributed by atoms with Crippen LogP contribution in [0.1, 0.15) is 24.1 Å². The van der Waals surface area contributed by atoms with Gasteiger partial charge in [-0.25, -0.2) is 8.78 Å². The smallest absolute Gasteiger partial charge is 0.129 e. The van der Waals surface area contributed by atoms with Gasteiger partial charge in [-0.1, -0.05) is 0 Å². The molecule has 0 spiro atoms. The van der Waals surface area contributed by atoms with Gasteiger partial charge in [0.2, 0.25) is 0 Å². The molecule has 1 unspecified atom stereocenters. The third-order valence-corrected chi connectivity index (χ3v) is 2.49. The van der Waals surface area contributed by atoms with Crippen LogP contribution < -0.4 is 5.32 Å². The van der Waals surface area contributed by atoms with Crippen LogP contribution in [0.2, 0.25) is 0 Å². The Morgan fingerprint density at radius 3 is 2.79 bits per heavy atom. The summed E-state index contributed by atoms with van der Waals surface area (Å²) in [7, 11) is 0. The van der Waals surface area contributed by atoms with Gasteiger partial charge >= 0.3 is 0 Å². The largest absolute Gasteiger partial charge is 0.310 e. The van der Waals surface area contributed by atoms with Gasteiger partial charge < -0.3 is 5.32 Å². The zero-order valence-corrected chi connectivity index (χ0v) is 8.63. The van der Waals surface area contributed by atoms with Gasteiger partial charge in [0.05, 0.1) is 0 Å². The molecule has 78 valence electrons. The molecular weight excluding hydrogens is 208 g/mol. The standard InChI is InChI=1S/C10H11F2N.ClH/c1-6-9-4-7(11)5-10(12)8(9)2-3-13-6;/h4-6,13H,2-3H2,1H3;1H. The molecule has 0 saturated carbocycles. The number of hydrogen-bond acceptors (Lipinski definition) is 1. The van der Waals surface area contributed by atoms with Crippen molar-refractivity contribution in [3.05, 3.63) is 34.9 Å². The van der Waals surface area contributed by atoms with Crippen LogP contribution in [-0.2, 0) is 6.42 Å². The van der Waals surface area contributed by atoms with Crippen molar-refractivity contribution in [1.29, 1.82) is 0 Å². The molecule has 0 fully saturated rings. The Bertz CT molecular complexity index is 341. The van der Waals surface area contributed by atoms with Crippen molar-refractivity contribution in [2.24, 2.45) is 0 Å². The maximum atomic E-state index is 13.2. The van der Waals surface area contributed by atoms with E-state index in [0.29, 0.717) is 12.0 Å². The van der Waals surface area contributed by atoms with E-state index in [9.17, 15) is 8.78 Å². The maximum Gasteiger partial charge on any atom is 0.129 e. The summed E-state index contributed by atoms with van der Waals surface area (Å²) in [6, 6.07) is 2.42. The van der Waals surface area contributed by atoms with Gasteiger partial charge in [-0.05, 0) is 37.1 Å². The highest BCUT2D eigenvalue weighted by atomic mass is 35.5. The third-order valence-electron chi connectivity index (χ3n) is 2.49. The van der Waals surface area contributed by atoms with E-state index < -0.39 is 11.6 Å². The molecule has 0 aliphatic carbocycles. The van der Waals surface area contributed by atoms with Crippen LogP contribution in [-0.4, -0.2) is 6.54 Å². The van der Waals surface area contributed by atoms with Crippen LogP contribution in [0.4, 0.5) is 8.78 Å². The van der Waals surface area contributed by atoms with E-state index in [0.717, 1.165) is 18.2 Å². The zero-order valence-electron chi connectivity index (χ0n) is 7.81. The fourth-order valence-electron chi connectivity index (χ4n) is 1.80. The first-order valence-corrected chi connectivity index (χ1v) is 4.39. The lowest BCUT2D eigenvalue weighted by atomic mass is 9.95. The fraction of sp³-hybridized carbons (Fsp3) is 0.400. The molecular formula is C10H12ClF2N. The Labute approximate surface area is 87.9 Å². The molecule has 1 aliphatic heterocycles. The normalized spacial score (nSPS) is 19.8. The lowest BCUT2D eigenvalue weighted by molar-refractivity contribution is 0.499. The summed E-state index contributed by atoms with van der Waals surface area (Å²) in [6.45, 7) is 2.67. The summed E-state index contributed by atoms with van der Waals surface area (Å²) in [6.07, 6.45) is 0.645. The third kappa shape index (κ3) is 1.88. The molecule has 4 heteroatoms. The van der Waals surface area contributed by atoms with Crippen LogP contribution in [0.25, 0.3) is 0 Å². The van der Waals surface area contributed by atoms with E-state index in [1.165, 1.54) is 6.07 Å². The summed E-state index contributed by atoms with van der Waals surface area (Å²) in [4.78, 5) is 0. The number of fused-ring (bicyclic) bond motifs is 1. The minimum atomic E-state index is -0.494. The number of nitrogens with one attached hydrogen (secondary N) is 1. The quantitative estimate of drug-likeness (QED) is 0.707. The van der Waals surface area contributed by atoms with Gasteiger partial charge in [0.1, 0.15) is 11.6 Å². The monoisotopic (exact) mass is 219 g/mol. The minimum absolute atomic E-state index is 0. The summed E-state index contributed by atoms with van der Waals surface area (Å²) in [5, 5.41) is 3.16. The fourth-order valence-corrected chi connectivity index (χ4v) is 1.80. The second kappa shape index (κ2) is 4.24. The first-order chi connectivity index (χ1) is 6.18. The molecule has 1 aromatic carbocycles. The zero-order chi connectivity index (χ0) is 9.42. The lowest BCUT2D eigenvalue weighted by Gasteiger charge is -2.24.